The van der Waals surface area contributed by atoms with Gasteiger partial charge in [0, 0.05) is 31.4 Å². The number of hydrogen-bond donors (Lipinski definition) is 0. The van der Waals surface area contributed by atoms with E-state index in [0.29, 0.717) is 5.92 Å². The molecule has 0 spiro atoms. The molecule has 1 aromatic carbocycles. The molecule has 1 aliphatic rings. The number of nitrogens with zero attached hydrogens (tertiary/aromatic N) is 2. The van der Waals surface area contributed by atoms with Crippen molar-refractivity contribution < 1.29 is 0 Å². The number of imidazole rings is 1. The van der Waals surface area contributed by atoms with Gasteiger partial charge in [-0.3, -0.25) is 9.13 Å². The third-order valence-electron chi connectivity index (χ3n) is 4.29. The first-order valence-electron chi connectivity index (χ1n) is 7.63. The molecule has 1 unspecified atom stereocenters. The number of hydrogen-bond acceptors (Lipinski definition) is 1. The Morgan fingerprint density at radius 2 is 2.00 bits per heavy atom. The van der Waals surface area contributed by atoms with Gasteiger partial charge < -0.3 is 0 Å². The van der Waals surface area contributed by atoms with E-state index in [0.717, 1.165) is 19.5 Å². The van der Waals surface area contributed by atoms with Gasteiger partial charge in [-0.15, -0.1) is 0 Å². The van der Waals surface area contributed by atoms with E-state index in [1.165, 1.54) is 30.4 Å². The maximum atomic E-state index is 12.3. The fraction of sp³-hybridized carbons (Fsp3) is 0.471. The Bertz CT molecular complexity index is 638. The van der Waals surface area contributed by atoms with Gasteiger partial charge >= 0.3 is 5.69 Å². The van der Waals surface area contributed by atoms with Crippen LogP contribution < -0.4 is 5.69 Å². The van der Waals surface area contributed by atoms with Crippen molar-refractivity contribution in [3.05, 3.63) is 58.3 Å². The molecule has 3 heteroatoms. The number of aromatic nitrogens is 2. The van der Waals surface area contributed by atoms with Crippen LogP contribution in [0.5, 0.6) is 0 Å². The van der Waals surface area contributed by atoms with Crippen molar-refractivity contribution in [3.63, 3.8) is 0 Å². The summed E-state index contributed by atoms with van der Waals surface area (Å²) in [4.78, 5) is 12.3. The Morgan fingerprint density at radius 3 is 2.85 bits per heavy atom. The van der Waals surface area contributed by atoms with E-state index in [2.05, 4.69) is 31.2 Å². The Kier molecular flexibility index (Phi) is 3.77. The lowest BCUT2D eigenvalue weighted by Gasteiger charge is -2.25. The second kappa shape index (κ2) is 5.70. The minimum atomic E-state index is 0.134. The van der Waals surface area contributed by atoms with Gasteiger partial charge in [0.05, 0.1) is 0 Å². The standard InChI is InChI=1S/C17H22N2O/c1-2-10-18-11-12-19(17(18)20)13-15-8-5-7-14-6-3-4-9-16(14)15/h3-4,6,9,11-12,15H,2,5,7-8,10,13H2,1H3. The van der Waals surface area contributed by atoms with Crippen molar-refractivity contribution in [1.82, 2.24) is 9.13 Å². The summed E-state index contributed by atoms with van der Waals surface area (Å²) in [6, 6.07) is 8.69. The first-order chi connectivity index (χ1) is 9.79. The van der Waals surface area contributed by atoms with Gasteiger partial charge in [-0.25, -0.2) is 4.79 Å². The Hall–Kier alpha value is -1.77. The van der Waals surface area contributed by atoms with Gasteiger partial charge in [-0.2, -0.15) is 0 Å². The molecule has 106 valence electrons. The molecule has 1 aromatic heterocycles. The highest BCUT2D eigenvalue weighted by Crippen LogP contribution is 2.32. The number of rotatable bonds is 4. The summed E-state index contributed by atoms with van der Waals surface area (Å²) < 4.78 is 3.69. The van der Waals surface area contributed by atoms with E-state index < -0.39 is 0 Å². The van der Waals surface area contributed by atoms with Crippen LogP contribution in [-0.2, 0) is 19.5 Å². The van der Waals surface area contributed by atoms with E-state index in [9.17, 15) is 4.79 Å². The number of fused-ring (bicyclic) bond motifs is 1. The second-order valence-corrected chi connectivity index (χ2v) is 5.71. The molecule has 0 saturated carbocycles. The molecule has 2 aromatic rings. The average molecular weight is 270 g/mol. The average Bonchev–Trinajstić information content (AvgIpc) is 2.81. The molecule has 0 saturated heterocycles. The first-order valence-corrected chi connectivity index (χ1v) is 7.63. The van der Waals surface area contributed by atoms with E-state index in [1.807, 2.05) is 21.5 Å². The van der Waals surface area contributed by atoms with Crippen LogP contribution >= 0.6 is 0 Å². The summed E-state index contributed by atoms with van der Waals surface area (Å²) >= 11 is 0. The molecule has 0 bridgehead atoms. The smallest absolute Gasteiger partial charge is 0.299 e. The van der Waals surface area contributed by atoms with E-state index >= 15 is 0 Å². The van der Waals surface area contributed by atoms with Gasteiger partial charge in [0.2, 0.25) is 0 Å². The molecule has 1 heterocycles. The zero-order valence-corrected chi connectivity index (χ0v) is 12.1. The normalized spacial score (nSPS) is 17.9. The fourth-order valence-electron chi connectivity index (χ4n) is 3.29. The Balaban J connectivity index is 1.84. The third-order valence-corrected chi connectivity index (χ3v) is 4.29. The lowest BCUT2D eigenvalue weighted by atomic mass is 9.83. The molecule has 0 amide bonds. The van der Waals surface area contributed by atoms with Crippen LogP contribution in [-0.4, -0.2) is 9.13 Å². The largest absolute Gasteiger partial charge is 0.328 e. The van der Waals surface area contributed by atoms with Crippen LogP contribution in [0.3, 0.4) is 0 Å². The summed E-state index contributed by atoms with van der Waals surface area (Å²) in [5.41, 5.74) is 3.04. The molecule has 0 aliphatic heterocycles. The third kappa shape index (κ3) is 2.45. The van der Waals surface area contributed by atoms with Crippen molar-refractivity contribution in [1.29, 1.82) is 0 Å². The van der Waals surface area contributed by atoms with Crippen LogP contribution in [0, 0.1) is 0 Å². The van der Waals surface area contributed by atoms with Crippen LogP contribution in [0.2, 0.25) is 0 Å². The molecule has 3 rings (SSSR count). The van der Waals surface area contributed by atoms with Gasteiger partial charge in [-0.1, -0.05) is 31.2 Å². The Labute approximate surface area is 119 Å². The number of aryl methyl sites for hydroxylation is 2. The zero-order chi connectivity index (χ0) is 13.9. The first kappa shape index (κ1) is 13.2. The van der Waals surface area contributed by atoms with Gasteiger partial charge in [0.1, 0.15) is 0 Å². The maximum Gasteiger partial charge on any atom is 0.328 e. The molecular formula is C17H22N2O. The van der Waals surface area contributed by atoms with Crippen molar-refractivity contribution in [2.45, 2.75) is 51.6 Å². The van der Waals surface area contributed by atoms with Crippen molar-refractivity contribution >= 4 is 0 Å². The fourth-order valence-corrected chi connectivity index (χ4v) is 3.29. The predicted octanol–water partition coefficient (Wildman–Crippen LogP) is 3.18. The van der Waals surface area contributed by atoms with Gasteiger partial charge in [0.25, 0.3) is 0 Å². The minimum Gasteiger partial charge on any atom is -0.299 e. The van der Waals surface area contributed by atoms with E-state index in [1.54, 1.807) is 0 Å². The summed E-state index contributed by atoms with van der Waals surface area (Å²) in [7, 11) is 0. The topological polar surface area (TPSA) is 26.9 Å². The van der Waals surface area contributed by atoms with Gasteiger partial charge in [0.15, 0.2) is 0 Å². The molecule has 3 nitrogen and oxygen atoms in total. The minimum absolute atomic E-state index is 0.134. The molecule has 1 aliphatic carbocycles. The predicted molar refractivity (Wildman–Crippen MR) is 81.1 cm³/mol. The summed E-state index contributed by atoms with van der Waals surface area (Å²) in [5.74, 6) is 0.482. The van der Waals surface area contributed by atoms with Crippen LogP contribution in [0.15, 0.2) is 41.5 Å². The highest BCUT2D eigenvalue weighted by atomic mass is 16.1. The molecule has 1 atom stereocenters. The summed E-state index contributed by atoms with van der Waals surface area (Å²) in [6.45, 7) is 3.72. The maximum absolute atomic E-state index is 12.3. The highest BCUT2D eigenvalue weighted by molar-refractivity contribution is 5.32. The van der Waals surface area contributed by atoms with E-state index in [-0.39, 0.29) is 5.69 Å². The molecular weight excluding hydrogens is 248 g/mol. The van der Waals surface area contributed by atoms with Crippen molar-refractivity contribution in [2.75, 3.05) is 0 Å². The van der Waals surface area contributed by atoms with Gasteiger partial charge in [-0.05, 0) is 36.8 Å². The molecule has 0 N–H and O–H groups in total. The number of benzene rings is 1. The Morgan fingerprint density at radius 1 is 1.20 bits per heavy atom. The molecule has 0 radical (unpaired) electrons. The van der Waals surface area contributed by atoms with Crippen molar-refractivity contribution in [3.8, 4) is 0 Å². The summed E-state index contributed by atoms with van der Waals surface area (Å²) in [6.07, 6.45) is 8.44. The lowest BCUT2D eigenvalue weighted by Crippen LogP contribution is -2.27. The van der Waals surface area contributed by atoms with Crippen molar-refractivity contribution in [2.24, 2.45) is 0 Å². The monoisotopic (exact) mass is 270 g/mol. The van der Waals surface area contributed by atoms with E-state index in [4.69, 9.17) is 0 Å². The zero-order valence-electron chi connectivity index (χ0n) is 12.1. The van der Waals surface area contributed by atoms with Crippen LogP contribution in [0.25, 0.3) is 0 Å². The lowest BCUT2D eigenvalue weighted by molar-refractivity contribution is 0.469. The SMILES string of the molecule is CCCn1ccn(CC2CCCc3ccccc32)c1=O. The van der Waals surface area contributed by atoms with Crippen LogP contribution in [0.4, 0.5) is 0 Å². The molecule has 0 fully saturated rings. The summed E-state index contributed by atoms with van der Waals surface area (Å²) in [5, 5.41) is 0. The second-order valence-electron chi connectivity index (χ2n) is 5.71. The quantitative estimate of drug-likeness (QED) is 0.838. The molecule has 20 heavy (non-hydrogen) atoms. The highest BCUT2D eigenvalue weighted by Gasteiger charge is 2.20. The van der Waals surface area contributed by atoms with Crippen LogP contribution in [0.1, 0.15) is 43.2 Å².